The van der Waals surface area contributed by atoms with Gasteiger partial charge in [-0.2, -0.15) is 0 Å². The van der Waals surface area contributed by atoms with Gasteiger partial charge in [-0.15, -0.1) is 0 Å². The van der Waals surface area contributed by atoms with Gasteiger partial charge in [0, 0.05) is 11.7 Å². The summed E-state index contributed by atoms with van der Waals surface area (Å²) in [4.78, 5) is 26.7. The van der Waals surface area contributed by atoms with Crippen LogP contribution >= 0.6 is 0 Å². The summed E-state index contributed by atoms with van der Waals surface area (Å²) in [6, 6.07) is 5.42. The Morgan fingerprint density at radius 2 is 2.08 bits per heavy atom. The first-order valence-electron chi connectivity index (χ1n) is 8.62. The molecule has 3 rings (SSSR count). The van der Waals surface area contributed by atoms with E-state index in [9.17, 15) is 9.59 Å². The summed E-state index contributed by atoms with van der Waals surface area (Å²) in [6.07, 6.45) is 3.74. The second kappa shape index (κ2) is 6.71. The third kappa shape index (κ3) is 3.32. The van der Waals surface area contributed by atoms with Crippen molar-refractivity contribution >= 4 is 23.2 Å². The van der Waals surface area contributed by atoms with Gasteiger partial charge in [-0.1, -0.05) is 26.7 Å². The summed E-state index contributed by atoms with van der Waals surface area (Å²) >= 11 is 0. The van der Waals surface area contributed by atoms with Crippen LogP contribution in [0, 0.1) is 5.92 Å². The van der Waals surface area contributed by atoms with E-state index in [4.69, 9.17) is 10.5 Å². The molecule has 0 spiro atoms. The molecule has 1 aromatic carbocycles. The lowest BCUT2D eigenvalue weighted by atomic mass is 10.0. The number of hydrogen-bond acceptors (Lipinski definition) is 4. The summed E-state index contributed by atoms with van der Waals surface area (Å²) in [6.45, 7) is 3.86. The first-order chi connectivity index (χ1) is 11.5. The Morgan fingerprint density at radius 3 is 2.75 bits per heavy atom. The van der Waals surface area contributed by atoms with Crippen molar-refractivity contribution in [1.29, 1.82) is 0 Å². The second-order valence-corrected chi connectivity index (χ2v) is 6.98. The van der Waals surface area contributed by atoms with E-state index in [0.29, 0.717) is 17.1 Å². The minimum Gasteiger partial charge on any atom is -0.478 e. The van der Waals surface area contributed by atoms with Crippen LogP contribution in [0.25, 0.3) is 0 Å². The fraction of sp³-hybridized carbons (Fsp3) is 0.556. The van der Waals surface area contributed by atoms with Crippen LogP contribution in [-0.2, 0) is 9.59 Å². The van der Waals surface area contributed by atoms with E-state index in [2.05, 4.69) is 5.32 Å². The van der Waals surface area contributed by atoms with E-state index in [0.717, 1.165) is 25.7 Å². The van der Waals surface area contributed by atoms with Gasteiger partial charge in [-0.25, -0.2) is 0 Å². The maximum Gasteiger partial charge on any atom is 0.268 e. The lowest BCUT2D eigenvalue weighted by Crippen LogP contribution is -2.52. The fourth-order valence-corrected chi connectivity index (χ4v) is 3.38. The first kappa shape index (κ1) is 16.6. The van der Waals surface area contributed by atoms with Gasteiger partial charge >= 0.3 is 0 Å². The lowest BCUT2D eigenvalue weighted by Gasteiger charge is -2.36. The molecule has 0 radical (unpaired) electrons. The first-order valence-corrected chi connectivity index (χ1v) is 8.62. The number of nitrogen functional groups attached to an aromatic ring is 1. The molecule has 1 aliphatic heterocycles. The van der Waals surface area contributed by atoms with E-state index in [1.807, 2.05) is 13.8 Å². The molecule has 2 amide bonds. The van der Waals surface area contributed by atoms with Crippen molar-refractivity contribution < 1.29 is 14.3 Å². The van der Waals surface area contributed by atoms with Crippen LogP contribution in [0.1, 0.15) is 39.5 Å². The molecule has 1 unspecified atom stereocenters. The lowest BCUT2D eigenvalue weighted by molar-refractivity contribution is -0.130. The predicted molar refractivity (Wildman–Crippen MR) is 92.9 cm³/mol. The molecule has 1 heterocycles. The van der Waals surface area contributed by atoms with Crippen molar-refractivity contribution in [3.8, 4) is 5.75 Å². The van der Waals surface area contributed by atoms with Crippen LogP contribution in [0.2, 0.25) is 0 Å². The number of carbonyl (C=O) groups excluding carboxylic acids is 2. The molecule has 3 N–H and O–H groups in total. The molecule has 1 saturated carbocycles. The maximum absolute atomic E-state index is 12.8. The molecule has 6 heteroatoms. The molecule has 1 fully saturated rings. The zero-order valence-electron chi connectivity index (χ0n) is 14.2. The number of nitrogens with two attached hydrogens (primary N) is 1. The highest BCUT2D eigenvalue weighted by Crippen LogP contribution is 2.37. The van der Waals surface area contributed by atoms with Gasteiger partial charge in [-0.3, -0.25) is 14.5 Å². The summed E-state index contributed by atoms with van der Waals surface area (Å²) in [5.74, 6) is 0.289. The Balaban J connectivity index is 1.82. The topological polar surface area (TPSA) is 84.7 Å². The molecule has 6 nitrogen and oxygen atoms in total. The van der Waals surface area contributed by atoms with E-state index < -0.39 is 6.10 Å². The highest BCUT2D eigenvalue weighted by molar-refractivity contribution is 6.04. The van der Waals surface area contributed by atoms with Crippen molar-refractivity contribution in [2.75, 3.05) is 17.2 Å². The Kier molecular flexibility index (Phi) is 4.64. The molecule has 0 bridgehead atoms. The third-order valence-corrected chi connectivity index (χ3v) is 4.66. The highest BCUT2D eigenvalue weighted by Gasteiger charge is 2.37. The standard InChI is InChI=1S/C18H25N3O3/c1-11(2)17-18(23)21(10-16(22)20-13-5-3-4-6-13)14-9-12(19)7-8-15(14)24-17/h7-9,11,13,17H,3-6,10,19H2,1-2H3,(H,20,22). The summed E-state index contributed by atoms with van der Waals surface area (Å²) in [5, 5.41) is 3.03. The van der Waals surface area contributed by atoms with Crippen molar-refractivity contribution in [1.82, 2.24) is 5.32 Å². The van der Waals surface area contributed by atoms with Gasteiger partial charge in [0.1, 0.15) is 12.3 Å². The largest absolute Gasteiger partial charge is 0.478 e. The van der Waals surface area contributed by atoms with Gasteiger partial charge in [0.05, 0.1) is 5.69 Å². The Labute approximate surface area is 142 Å². The number of nitrogens with one attached hydrogen (secondary N) is 1. The number of ether oxygens (including phenoxy) is 1. The number of benzene rings is 1. The minimum absolute atomic E-state index is 0.00162. The van der Waals surface area contributed by atoms with Crippen molar-refractivity contribution in [2.24, 2.45) is 5.92 Å². The van der Waals surface area contributed by atoms with Crippen LogP contribution in [0.4, 0.5) is 11.4 Å². The van der Waals surface area contributed by atoms with Crippen LogP contribution in [-0.4, -0.2) is 30.5 Å². The molecule has 0 saturated heterocycles. The quantitative estimate of drug-likeness (QED) is 0.827. The average molecular weight is 331 g/mol. The predicted octanol–water partition coefficient (Wildman–Crippen LogP) is 2.08. The summed E-state index contributed by atoms with van der Waals surface area (Å²) < 4.78 is 5.83. The van der Waals surface area contributed by atoms with Gasteiger partial charge < -0.3 is 15.8 Å². The van der Waals surface area contributed by atoms with E-state index >= 15 is 0 Å². The van der Waals surface area contributed by atoms with Gasteiger partial charge in [0.25, 0.3) is 5.91 Å². The smallest absolute Gasteiger partial charge is 0.268 e. The average Bonchev–Trinajstić information content (AvgIpc) is 3.02. The molecule has 24 heavy (non-hydrogen) atoms. The Hall–Kier alpha value is -2.24. The number of fused-ring (bicyclic) bond motifs is 1. The number of hydrogen-bond donors (Lipinski definition) is 2. The molecule has 130 valence electrons. The summed E-state index contributed by atoms with van der Waals surface area (Å²) in [5.41, 5.74) is 6.96. The SMILES string of the molecule is CC(C)C1Oc2ccc(N)cc2N(CC(=O)NC2CCCC2)C1=O. The van der Waals surface area contributed by atoms with Gasteiger partial charge in [-0.05, 0) is 37.0 Å². The van der Waals surface area contributed by atoms with Crippen molar-refractivity contribution in [3.63, 3.8) is 0 Å². The second-order valence-electron chi connectivity index (χ2n) is 6.98. The maximum atomic E-state index is 12.8. The Bertz CT molecular complexity index is 638. The summed E-state index contributed by atoms with van der Waals surface area (Å²) in [7, 11) is 0. The molecule has 0 aromatic heterocycles. The zero-order valence-corrected chi connectivity index (χ0v) is 14.2. The molecule has 1 aromatic rings. The van der Waals surface area contributed by atoms with E-state index in [1.165, 1.54) is 4.90 Å². The van der Waals surface area contributed by atoms with Crippen LogP contribution in [0.3, 0.4) is 0 Å². The number of carbonyl (C=O) groups is 2. The molecule has 2 aliphatic rings. The fourth-order valence-electron chi connectivity index (χ4n) is 3.38. The van der Waals surface area contributed by atoms with E-state index in [1.54, 1.807) is 18.2 Å². The molecule has 1 aliphatic carbocycles. The van der Waals surface area contributed by atoms with Crippen LogP contribution in [0.5, 0.6) is 5.75 Å². The number of amides is 2. The van der Waals surface area contributed by atoms with Crippen LogP contribution in [0.15, 0.2) is 18.2 Å². The number of rotatable bonds is 4. The normalized spacial score (nSPS) is 20.9. The zero-order chi connectivity index (χ0) is 17.3. The number of anilines is 2. The van der Waals surface area contributed by atoms with E-state index in [-0.39, 0.29) is 30.3 Å². The minimum atomic E-state index is -0.583. The third-order valence-electron chi connectivity index (χ3n) is 4.66. The van der Waals surface area contributed by atoms with Crippen molar-refractivity contribution in [2.45, 2.75) is 51.7 Å². The monoisotopic (exact) mass is 331 g/mol. The molecular formula is C18H25N3O3. The Morgan fingerprint density at radius 1 is 1.38 bits per heavy atom. The van der Waals surface area contributed by atoms with Gasteiger partial charge in [0.15, 0.2) is 6.10 Å². The van der Waals surface area contributed by atoms with Crippen LogP contribution < -0.4 is 20.7 Å². The van der Waals surface area contributed by atoms with Crippen molar-refractivity contribution in [3.05, 3.63) is 18.2 Å². The number of nitrogens with zero attached hydrogens (tertiary/aromatic N) is 1. The highest BCUT2D eigenvalue weighted by atomic mass is 16.5. The molecule has 1 atom stereocenters. The molecular weight excluding hydrogens is 306 g/mol. The van der Waals surface area contributed by atoms with Gasteiger partial charge in [0.2, 0.25) is 5.91 Å².